The first-order chi connectivity index (χ1) is 6.86. The fourth-order valence-corrected chi connectivity index (χ4v) is 1.03. The number of aryl methyl sites for hydroxylation is 1. The second kappa shape index (κ2) is 3.87. The molecule has 1 aromatic rings. The van der Waals surface area contributed by atoms with Gasteiger partial charge >= 0.3 is 6.18 Å². The molecule has 0 bridgehead atoms. The molecule has 0 atom stereocenters. The number of amidine groups is 1. The molecule has 3 N–H and O–H groups in total. The number of nitrogens with one attached hydrogen (secondary N) is 1. The van der Waals surface area contributed by atoms with Crippen molar-refractivity contribution >= 4 is 5.84 Å². The lowest BCUT2D eigenvalue weighted by Crippen LogP contribution is -2.17. The molecule has 0 fully saturated rings. The van der Waals surface area contributed by atoms with Crippen LogP contribution in [0.25, 0.3) is 0 Å². The Morgan fingerprint density at radius 1 is 1.53 bits per heavy atom. The monoisotopic (exact) mass is 224 g/mol. The zero-order chi connectivity index (χ0) is 11.6. The Bertz CT molecular complexity index is 368. The second-order valence-corrected chi connectivity index (χ2v) is 2.75. The number of hydrogen-bond acceptors (Lipinski definition) is 2. The van der Waals surface area contributed by atoms with Gasteiger partial charge in [0.25, 0.3) is 0 Å². The summed E-state index contributed by atoms with van der Waals surface area (Å²) in [5.74, 6) is -0.743. The molecule has 0 aliphatic heterocycles. The van der Waals surface area contributed by atoms with Crippen LogP contribution in [0.3, 0.4) is 0 Å². The highest BCUT2D eigenvalue weighted by molar-refractivity contribution is 5.95. The van der Waals surface area contributed by atoms with E-state index in [-0.39, 0.29) is 6.54 Å². The molecule has 1 rings (SSSR count). The zero-order valence-electron chi connectivity index (χ0n) is 7.48. The maximum atomic E-state index is 12.3. The molecular weight excluding hydrogens is 216 g/mol. The van der Waals surface area contributed by atoms with Crippen LogP contribution >= 0.6 is 0 Å². The Morgan fingerprint density at radius 3 is 2.47 bits per heavy atom. The predicted molar refractivity (Wildman–Crippen MR) is 44.2 cm³/mol. The molecule has 0 aliphatic rings. The van der Waals surface area contributed by atoms with Crippen LogP contribution in [0, 0.1) is 5.41 Å². The number of halogens is 4. The number of alkyl halides is 4. The Kier molecular flexibility index (Phi) is 2.96. The minimum Gasteiger partial charge on any atom is -0.384 e. The largest absolute Gasteiger partial charge is 0.435 e. The highest BCUT2D eigenvalue weighted by Gasteiger charge is 2.37. The SMILES string of the molecule is N=C(N)c1cn(CCF)nc1C(F)(F)F. The number of nitrogens with zero attached hydrogens (tertiary/aromatic N) is 2. The molecule has 1 aromatic heterocycles. The van der Waals surface area contributed by atoms with Gasteiger partial charge in [-0.1, -0.05) is 0 Å². The number of nitrogen functional groups attached to an aromatic ring is 1. The molecule has 4 nitrogen and oxygen atoms in total. The highest BCUT2D eigenvalue weighted by atomic mass is 19.4. The van der Waals surface area contributed by atoms with Crippen molar-refractivity contribution in [3.63, 3.8) is 0 Å². The van der Waals surface area contributed by atoms with Crippen LogP contribution in [0.1, 0.15) is 11.3 Å². The summed E-state index contributed by atoms with van der Waals surface area (Å²) in [6.07, 6.45) is -3.78. The third-order valence-electron chi connectivity index (χ3n) is 1.63. The van der Waals surface area contributed by atoms with Crippen molar-refractivity contribution < 1.29 is 17.6 Å². The summed E-state index contributed by atoms with van der Waals surface area (Å²) < 4.78 is 49.7. The average Bonchev–Trinajstić information content (AvgIpc) is 2.48. The summed E-state index contributed by atoms with van der Waals surface area (Å²) in [4.78, 5) is 0. The molecular formula is C7H8F4N4. The van der Waals surface area contributed by atoms with Gasteiger partial charge in [0.1, 0.15) is 12.5 Å². The Hall–Kier alpha value is -1.60. The lowest BCUT2D eigenvalue weighted by molar-refractivity contribution is -0.141. The van der Waals surface area contributed by atoms with Gasteiger partial charge in [0.15, 0.2) is 5.69 Å². The molecule has 0 saturated carbocycles. The summed E-state index contributed by atoms with van der Waals surface area (Å²) in [5.41, 5.74) is 3.16. The van der Waals surface area contributed by atoms with E-state index in [1.807, 2.05) is 0 Å². The van der Waals surface area contributed by atoms with E-state index in [4.69, 9.17) is 11.1 Å². The van der Waals surface area contributed by atoms with Crippen LogP contribution in [-0.4, -0.2) is 22.3 Å². The lowest BCUT2D eigenvalue weighted by Gasteiger charge is -2.03. The lowest BCUT2D eigenvalue weighted by atomic mass is 10.2. The quantitative estimate of drug-likeness (QED) is 0.459. The van der Waals surface area contributed by atoms with Crippen molar-refractivity contribution in [2.24, 2.45) is 5.73 Å². The molecule has 0 saturated heterocycles. The van der Waals surface area contributed by atoms with Crippen LogP contribution in [0.4, 0.5) is 17.6 Å². The standard InChI is InChI=1S/C7H8F4N4/c8-1-2-15-3-4(6(12)13)5(14-15)7(9,10)11/h3H,1-2H2,(H3,12,13). The minimum atomic E-state index is -4.69. The normalized spacial score (nSPS) is 11.7. The first kappa shape index (κ1) is 11.5. The van der Waals surface area contributed by atoms with E-state index in [0.29, 0.717) is 0 Å². The summed E-state index contributed by atoms with van der Waals surface area (Å²) in [5, 5.41) is 10.1. The van der Waals surface area contributed by atoms with E-state index in [1.165, 1.54) is 0 Å². The molecule has 8 heteroatoms. The second-order valence-electron chi connectivity index (χ2n) is 2.75. The third kappa shape index (κ3) is 2.45. The van der Waals surface area contributed by atoms with Gasteiger partial charge in [0.2, 0.25) is 0 Å². The summed E-state index contributed by atoms with van der Waals surface area (Å²) >= 11 is 0. The van der Waals surface area contributed by atoms with Gasteiger partial charge in [-0.2, -0.15) is 18.3 Å². The molecule has 0 aliphatic carbocycles. The molecule has 1 heterocycles. The third-order valence-corrected chi connectivity index (χ3v) is 1.63. The van der Waals surface area contributed by atoms with Crippen LogP contribution in [0.2, 0.25) is 0 Å². The van der Waals surface area contributed by atoms with Gasteiger partial charge in [-0.25, -0.2) is 4.39 Å². The molecule has 0 radical (unpaired) electrons. The van der Waals surface area contributed by atoms with E-state index in [9.17, 15) is 17.6 Å². The van der Waals surface area contributed by atoms with Crippen molar-refractivity contribution in [1.29, 1.82) is 5.41 Å². The van der Waals surface area contributed by atoms with E-state index < -0.39 is 29.9 Å². The predicted octanol–water partition coefficient (Wildman–Crippen LogP) is 1.16. The average molecular weight is 224 g/mol. The van der Waals surface area contributed by atoms with Gasteiger partial charge in [0, 0.05) is 6.20 Å². The van der Waals surface area contributed by atoms with Crippen molar-refractivity contribution in [2.75, 3.05) is 6.67 Å². The zero-order valence-corrected chi connectivity index (χ0v) is 7.48. The molecule has 15 heavy (non-hydrogen) atoms. The van der Waals surface area contributed by atoms with Crippen LogP contribution in [0.15, 0.2) is 6.20 Å². The first-order valence-electron chi connectivity index (χ1n) is 3.91. The maximum absolute atomic E-state index is 12.3. The topological polar surface area (TPSA) is 67.7 Å². The van der Waals surface area contributed by atoms with Crippen LogP contribution in [-0.2, 0) is 12.7 Å². The van der Waals surface area contributed by atoms with E-state index in [1.54, 1.807) is 0 Å². The maximum Gasteiger partial charge on any atom is 0.435 e. The number of nitrogens with two attached hydrogens (primary N) is 1. The van der Waals surface area contributed by atoms with Crippen LogP contribution < -0.4 is 5.73 Å². The summed E-state index contributed by atoms with van der Waals surface area (Å²) in [6, 6.07) is 0. The minimum absolute atomic E-state index is 0.295. The molecule has 0 spiro atoms. The Morgan fingerprint density at radius 2 is 2.13 bits per heavy atom. The number of aromatic nitrogens is 2. The number of hydrogen-bond donors (Lipinski definition) is 2. The van der Waals surface area contributed by atoms with Gasteiger partial charge in [-0.05, 0) is 0 Å². The van der Waals surface area contributed by atoms with Gasteiger partial charge < -0.3 is 5.73 Å². The van der Waals surface area contributed by atoms with Crippen molar-refractivity contribution in [3.8, 4) is 0 Å². The molecule has 0 amide bonds. The Balaban J connectivity index is 3.18. The van der Waals surface area contributed by atoms with E-state index in [2.05, 4.69) is 5.10 Å². The fourth-order valence-electron chi connectivity index (χ4n) is 1.03. The highest BCUT2D eigenvalue weighted by Crippen LogP contribution is 2.30. The smallest absolute Gasteiger partial charge is 0.384 e. The first-order valence-corrected chi connectivity index (χ1v) is 3.91. The van der Waals surface area contributed by atoms with Gasteiger partial charge in [0.05, 0.1) is 12.1 Å². The van der Waals surface area contributed by atoms with E-state index >= 15 is 0 Å². The number of rotatable bonds is 3. The fraction of sp³-hybridized carbons (Fsp3) is 0.429. The van der Waals surface area contributed by atoms with E-state index in [0.717, 1.165) is 10.9 Å². The molecule has 84 valence electrons. The summed E-state index contributed by atoms with van der Waals surface area (Å²) in [6.45, 7) is -1.13. The Labute approximate surface area is 82.2 Å². The summed E-state index contributed by atoms with van der Waals surface area (Å²) in [7, 11) is 0. The van der Waals surface area contributed by atoms with Gasteiger partial charge in [-0.3, -0.25) is 10.1 Å². The van der Waals surface area contributed by atoms with Crippen LogP contribution in [0.5, 0.6) is 0 Å². The van der Waals surface area contributed by atoms with Crippen molar-refractivity contribution in [1.82, 2.24) is 9.78 Å². The van der Waals surface area contributed by atoms with Gasteiger partial charge in [-0.15, -0.1) is 0 Å². The molecule has 0 unspecified atom stereocenters. The van der Waals surface area contributed by atoms with Crippen molar-refractivity contribution in [2.45, 2.75) is 12.7 Å². The van der Waals surface area contributed by atoms with Crippen molar-refractivity contribution in [3.05, 3.63) is 17.5 Å². The molecule has 0 aromatic carbocycles.